The van der Waals surface area contributed by atoms with E-state index in [0.717, 1.165) is 6.07 Å². The first kappa shape index (κ1) is 13.5. The Morgan fingerprint density at radius 3 is 2.74 bits per heavy atom. The van der Waals surface area contributed by atoms with E-state index in [1.807, 2.05) is 6.92 Å². The number of rotatable bonds is 3. The monoisotopic (exact) mass is 282 g/mol. The molecule has 0 atom stereocenters. The summed E-state index contributed by atoms with van der Waals surface area (Å²) in [6.07, 6.45) is 0. The number of aromatic carboxylic acids is 1. The molecule has 2 aromatic rings. The quantitative estimate of drug-likeness (QED) is 0.939. The molecular formula is C13H12ClFN2O2. The van der Waals surface area contributed by atoms with Gasteiger partial charge in [0.15, 0.2) is 0 Å². The molecule has 0 unspecified atom stereocenters. The average molecular weight is 283 g/mol. The van der Waals surface area contributed by atoms with Gasteiger partial charge in [0.1, 0.15) is 5.82 Å². The molecule has 0 bridgehead atoms. The number of carbonyl (C=O) groups is 1. The molecule has 0 fully saturated rings. The van der Waals surface area contributed by atoms with Gasteiger partial charge in [-0.1, -0.05) is 11.6 Å². The lowest BCUT2D eigenvalue weighted by molar-refractivity contribution is 0.0696. The first-order chi connectivity index (χ1) is 8.93. The van der Waals surface area contributed by atoms with Crippen LogP contribution in [0.3, 0.4) is 0 Å². The van der Waals surface area contributed by atoms with Crippen LogP contribution >= 0.6 is 11.6 Å². The highest BCUT2D eigenvalue weighted by Crippen LogP contribution is 2.31. The second kappa shape index (κ2) is 5.01. The number of hydrogen-bond acceptors (Lipinski definition) is 2. The van der Waals surface area contributed by atoms with Crippen molar-refractivity contribution in [3.63, 3.8) is 0 Å². The molecule has 1 aromatic carbocycles. The Labute approximate surface area is 114 Å². The van der Waals surface area contributed by atoms with Crippen molar-refractivity contribution in [2.24, 2.45) is 0 Å². The van der Waals surface area contributed by atoms with Gasteiger partial charge in [0, 0.05) is 12.1 Å². The fraction of sp³-hybridized carbons (Fsp3) is 0.231. The Morgan fingerprint density at radius 1 is 1.47 bits per heavy atom. The van der Waals surface area contributed by atoms with E-state index in [1.54, 1.807) is 11.6 Å². The molecule has 19 heavy (non-hydrogen) atoms. The van der Waals surface area contributed by atoms with Crippen LogP contribution in [0, 0.1) is 12.7 Å². The minimum atomic E-state index is -1.18. The lowest BCUT2D eigenvalue weighted by Crippen LogP contribution is -2.02. The number of carboxylic acids is 1. The van der Waals surface area contributed by atoms with Gasteiger partial charge in [0.05, 0.1) is 22.0 Å². The molecule has 6 heteroatoms. The van der Waals surface area contributed by atoms with Crippen LogP contribution in [-0.4, -0.2) is 20.9 Å². The summed E-state index contributed by atoms with van der Waals surface area (Å²) in [5, 5.41) is 13.6. The molecule has 1 N–H and O–H groups in total. The van der Waals surface area contributed by atoms with Crippen LogP contribution in [0.25, 0.3) is 11.3 Å². The summed E-state index contributed by atoms with van der Waals surface area (Å²) in [4.78, 5) is 11.0. The van der Waals surface area contributed by atoms with Crippen LogP contribution in [0.4, 0.5) is 4.39 Å². The number of benzene rings is 1. The number of nitrogens with zero attached hydrogens (tertiary/aromatic N) is 2. The second-order valence-electron chi connectivity index (χ2n) is 4.10. The molecule has 100 valence electrons. The topological polar surface area (TPSA) is 55.1 Å². The number of carboxylic acid groups (broad SMARTS) is 1. The fourth-order valence-corrected chi connectivity index (χ4v) is 2.16. The Hall–Kier alpha value is -1.88. The standard InChI is InChI=1S/C13H12ClFN2O2/c1-3-17-12(11(14)7(2)16-17)8-4-9(13(18)19)6-10(15)5-8/h4-6H,3H2,1-2H3,(H,18,19). The minimum Gasteiger partial charge on any atom is -0.478 e. The molecule has 0 aliphatic carbocycles. The van der Waals surface area contributed by atoms with Crippen molar-refractivity contribution < 1.29 is 14.3 Å². The normalized spacial score (nSPS) is 10.7. The Morgan fingerprint density at radius 2 is 2.16 bits per heavy atom. The summed E-state index contributed by atoms with van der Waals surface area (Å²) in [5.41, 5.74) is 1.45. The SMILES string of the molecule is CCn1nc(C)c(Cl)c1-c1cc(F)cc(C(=O)O)c1. The van der Waals surface area contributed by atoms with Crippen molar-refractivity contribution in [2.75, 3.05) is 0 Å². The van der Waals surface area contributed by atoms with Gasteiger partial charge in [-0.25, -0.2) is 9.18 Å². The average Bonchev–Trinajstić information content (AvgIpc) is 2.64. The van der Waals surface area contributed by atoms with Crippen LogP contribution < -0.4 is 0 Å². The number of hydrogen-bond donors (Lipinski definition) is 1. The van der Waals surface area contributed by atoms with Crippen LogP contribution in [0.5, 0.6) is 0 Å². The summed E-state index contributed by atoms with van der Waals surface area (Å²) in [6, 6.07) is 3.61. The molecule has 0 saturated carbocycles. The van der Waals surface area contributed by atoms with E-state index in [0.29, 0.717) is 28.5 Å². The van der Waals surface area contributed by atoms with Crippen molar-refractivity contribution in [3.8, 4) is 11.3 Å². The predicted molar refractivity (Wildman–Crippen MR) is 70.0 cm³/mol. The molecule has 0 saturated heterocycles. The highest BCUT2D eigenvalue weighted by Gasteiger charge is 2.17. The van der Waals surface area contributed by atoms with Crippen LogP contribution in [0.1, 0.15) is 23.0 Å². The fourth-order valence-electron chi connectivity index (χ4n) is 1.91. The van der Waals surface area contributed by atoms with E-state index in [4.69, 9.17) is 16.7 Å². The summed E-state index contributed by atoms with van der Waals surface area (Å²) >= 11 is 6.16. The lowest BCUT2D eigenvalue weighted by Gasteiger charge is -2.07. The molecule has 0 spiro atoms. The Bertz CT molecular complexity index is 652. The van der Waals surface area contributed by atoms with E-state index in [1.165, 1.54) is 12.1 Å². The van der Waals surface area contributed by atoms with Crippen molar-refractivity contribution in [1.29, 1.82) is 0 Å². The van der Waals surface area contributed by atoms with Crippen molar-refractivity contribution in [3.05, 3.63) is 40.3 Å². The second-order valence-corrected chi connectivity index (χ2v) is 4.48. The maximum atomic E-state index is 13.5. The third-order valence-corrected chi connectivity index (χ3v) is 3.22. The summed E-state index contributed by atoms with van der Waals surface area (Å²) in [6.45, 7) is 4.18. The van der Waals surface area contributed by atoms with Crippen molar-refractivity contribution in [1.82, 2.24) is 9.78 Å². The van der Waals surface area contributed by atoms with Gasteiger partial charge < -0.3 is 5.11 Å². The van der Waals surface area contributed by atoms with Crippen LogP contribution in [0.15, 0.2) is 18.2 Å². The first-order valence-electron chi connectivity index (χ1n) is 5.71. The summed E-state index contributed by atoms with van der Waals surface area (Å²) in [7, 11) is 0. The summed E-state index contributed by atoms with van der Waals surface area (Å²) < 4.78 is 15.1. The highest BCUT2D eigenvalue weighted by molar-refractivity contribution is 6.33. The molecular weight excluding hydrogens is 271 g/mol. The summed E-state index contributed by atoms with van der Waals surface area (Å²) in [5.74, 6) is -1.80. The van der Waals surface area contributed by atoms with Crippen molar-refractivity contribution >= 4 is 17.6 Å². The van der Waals surface area contributed by atoms with Gasteiger partial charge in [0.25, 0.3) is 0 Å². The third kappa shape index (κ3) is 2.46. The van der Waals surface area contributed by atoms with Gasteiger partial charge in [-0.2, -0.15) is 5.10 Å². The highest BCUT2D eigenvalue weighted by atomic mass is 35.5. The minimum absolute atomic E-state index is 0.118. The maximum Gasteiger partial charge on any atom is 0.335 e. The first-order valence-corrected chi connectivity index (χ1v) is 6.09. The molecule has 1 heterocycles. The molecule has 0 aliphatic rings. The van der Waals surface area contributed by atoms with E-state index in [2.05, 4.69) is 5.10 Å². The van der Waals surface area contributed by atoms with E-state index < -0.39 is 11.8 Å². The molecule has 0 radical (unpaired) electrons. The smallest absolute Gasteiger partial charge is 0.335 e. The number of aryl methyl sites for hydroxylation is 2. The van der Waals surface area contributed by atoms with E-state index >= 15 is 0 Å². The van der Waals surface area contributed by atoms with Gasteiger partial charge in [-0.3, -0.25) is 4.68 Å². The molecule has 0 aliphatic heterocycles. The molecule has 1 aromatic heterocycles. The predicted octanol–water partition coefficient (Wildman–Crippen LogP) is 3.37. The van der Waals surface area contributed by atoms with E-state index in [9.17, 15) is 9.18 Å². The third-order valence-electron chi connectivity index (χ3n) is 2.77. The van der Waals surface area contributed by atoms with Gasteiger partial charge in [-0.15, -0.1) is 0 Å². The van der Waals surface area contributed by atoms with Gasteiger partial charge >= 0.3 is 5.97 Å². The van der Waals surface area contributed by atoms with Gasteiger partial charge in [0.2, 0.25) is 0 Å². The zero-order valence-corrected chi connectivity index (χ0v) is 11.2. The molecule has 2 rings (SSSR count). The zero-order chi connectivity index (χ0) is 14.2. The molecule has 4 nitrogen and oxygen atoms in total. The number of aromatic nitrogens is 2. The Balaban J connectivity index is 2.68. The van der Waals surface area contributed by atoms with Gasteiger partial charge in [-0.05, 0) is 32.0 Å². The van der Waals surface area contributed by atoms with E-state index in [-0.39, 0.29) is 5.56 Å². The number of halogens is 2. The maximum absolute atomic E-state index is 13.5. The largest absolute Gasteiger partial charge is 0.478 e. The Kier molecular flexibility index (Phi) is 3.57. The molecule has 0 amide bonds. The van der Waals surface area contributed by atoms with Crippen LogP contribution in [0.2, 0.25) is 5.02 Å². The lowest BCUT2D eigenvalue weighted by atomic mass is 10.1. The zero-order valence-electron chi connectivity index (χ0n) is 10.4. The van der Waals surface area contributed by atoms with Crippen molar-refractivity contribution in [2.45, 2.75) is 20.4 Å². The van der Waals surface area contributed by atoms with Crippen LogP contribution in [-0.2, 0) is 6.54 Å².